The number of amides is 1. The molecule has 0 saturated carbocycles. The summed E-state index contributed by atoms with van der Waals surface area (Å²) in [5.41, 5.74) is 14.3. The van der Waals surface area contributed by atoms with Gasteiger partial charge in [-0.1, -0.05) is 12.6 Å². The SMILES string of the molecule is C=C/C(=N\NC(N)=NC(C)(C)c1cccc(OC(F)F)n1)C1=NC=C(C(N)=O)C1. The van der Waals surface area contributed by atoms with Gasteiger partial charge in [0.05, 0.1) is 11.4 Å². The first kappa shape index (κ1) is 21.7. The van der Waals surface area contributed by atoms with Crippen molar-refractivity contribution in [2.24, 2.45) is 26.6 Å². The number of hydrogen-bond acceptors (Lipinski definition) is 6. The van der Waals surface area contributed by atoms with E-state index in [9.17, 15) is 13.6 Å². The minimum absolute atomic E-state index is 0.0574. The number of guanidine groups is 1. The topological polar surface area (TPSA) is 140 Å². The smallest absolute Gasteiger partial charge is 0.388 e. The molecule has 29 heavy (non-hydrogen) atoms. The summed E-state index contributed by atoms with van der Waals surface area (Å²) in [6.45, 7) is 4.06. The van der Waals surface area contributed by atoms with Gasteiger partial charge < -0.3 is 16.2 Å². The maximum absolute atomic E-state index is 12.4. The third-order valence-corrected chi connectivity index (χ3v) is 3.79. The Bertz CT molecular complexity index is 921. The van der Waals surface area contributed by atoms with E-state index in [1.54, 1.807) is 19.9 Å². The molecule has 1 aliphatic heterocycles. The first-order valence-corrected chi connectivity index (χ1v) is 8.42. The molecule has 5 N–H and O–H groups in total. The summed E-state index contributed by atoms with van der Waals surface area (Å²) in [5.74, 6) is -0.845. The monoisotopic (exact) mass is 405 g/mol. The molecule has 0 aliphatic carbocycles. The zero-order chi connectivity index (χ0) is 21.6. The number of hydrogen-bond donors (Lipinski definition) is 3. The number of aromatic nitrogens is 1. The molecule has 0 atom stereocenters. The lowest BCUT2D eigenvalue weighted by atomic mass is 10.0. The number of halogens is 2. The van der Waals surface area contributed by atoms with Gasteiger partial charge in [0.2, 0.25) is 17.7 Å². The summed E-state index contributed by atoms with van der Waals surface area (Å²) >= 11 is 0. The van der Waals surface area contributed by atoms with Crippen LogP contribution < -0.4 is 21.6 Å². The lowest BCUT2D eigenvalue weighted by molar-refractivity contribution is -0.114. The third kappa shape index (κ3) is 5.92. The number of carbonyl (C=O) groups excluding carboxylic acids is 1. The summed E-state index contributed by atoms with van der Waals surface area (Å²) in [5, 5.41) is 4.08. The summed E-state index contributed by atoms with van der Waals surface area (Å²) < 4.78 is 29.1. The molecule has 1 aromatic rings. The Morgan fingerprint density at radius 3 is 2.72 bits per heavy atom. The summed E-state index contributed by atoms with van der Waals surface area (Å²) in [6, 6.07) is 4.45. The second-order valence-electron chi connectivity index (χ2n) is 6.38. The number of carbonyl (C=O) groups is 1. The van der Waals surface area contributed by atoms with Crippen molar-refractivity contribution in [1.29, 1.82) is 0 Å². The minimum Gasteiger partial charge on any atom is -0.417 e. The highest BCUT2D eigenvalue weighted by Crippen LogP contribution is 2.25. The summed E-state index contributed by atoms with van der Waals surface area (Å²) in [6.07, 6.45) is 3.04. The normalized spacial score (nSPS) is 15.1. The second-order valence-corrected chi connectivity index (χ2v) is 6.38. The highest BCUT2D eigenvalue weighted by atomic mass is 19.3. The van der Waals surface area contributed by atoms with Crippen LogP contribution in [-0.2, 0) is 10.3 Å². The predicted molar refractivity (Wildman–Crippen MR) is 106 cm³/mol. The maximum Gasteiger partial charge on any atom is 0.388 e. The third-order valence-electron chi connectivity index (χ3n) is 3.79. The van der Waals surface area contributed by atoms with Crippen molar-refractivity contribution in [3.05, 3.63) is 48.3 Å². The van der Waals surface area contributed by atoms with Crippen LogP contribution in [0.1, 0.15) is 26.0 Å². The Labute approximate surface area is 166 Å². The number of aliphatic imine (C=N–C) groups is 2. The number of pyridine rings is 1. The molecule has 0 aromatic carbocycles. The molecule has 2 heterocycles. The summed E-state index contributed by atoms with van der Waals surface area (Å²) in [4.78, 5) is 23.6. The number of ether oxygens (including phenoxy) is 1. The van der Waals surface area contributed by atoms with Gasteiger partial charge in [-0.3, -0.25) is 9.79 Å². The molecule has 1 aromatic heterocycles. The molecule has 9 nitrogen and oxygen atoms in total. The van der Waals surface area contributed by atoms with Crippen molar-refractivity contribution < 1.29 is 18.3 Å². The first-order chi connectivity index (χ1) is 13.6. The van der Waals surface area contributed by atoms with E-state index in [2.05, 4.69) is 36.8 Å². The van der Waals surface area contributed by atoms with Crippen LogP contribution in [0.5, 0.6) is 5.88 Å². The molecule has 0 bridgehead atoms. The van der Waals surface area contributed by atoms with E-state index < -0.39 is 18.1 Å². The largest absolute Gasteiger partial charge is 0.417 e. The van der Waals surface area contributed by atoms with E-state index in [0.717, 1.165) is 0 Å². The van der Waals surface area contributed by atoms with Crippen molar-refractivity contribution >= 4 is 23.3 Å². The molecule has 154 valence electrons. The molecule has 0 saturated heterocycles. The average molecular weight is 405 g/mol. The van der Waals surface area contributed by atoms with E-state index in [-0.39, 0.29) is 18.3 Å². The van der Waals surface area contributed by atoms with Crippen LogP contribution in [0.4, 0.5) is 8.78 Å². The fourth-order valence-electron chi connectivity index (χ4n) is 2.38. The van der Waals surface area contributed by atoms with Crippen LogP contribution in [0.2, 0.25) is 0 Å². The van der Waals surface area contributed by atoms with Crippen LogP contribution in [0, 0.1) is 0 Å². The van der Waals surface area contributed by atoms with Gasteiger partial charge in [-0.2, -0.15) is 13.9 Å². The quantitative estimate of drug-likeness (QED) is 0.342. The molecule has 11 heteroatoms. The van der Waals surface area contributed by atoms with E-state index in [1.165, 1.54) is 24.4 Å². The number of nitrogens with zero attached hydrogens (tertiary/aromatic N) is 4. The van der Waals surface area contributed by atoms with E-state index in [1.807, 2.05) is 0 Å². The fraction of sp³-hybridized carbons (Fsp3) is 0.278. The molecule has 0 fully saturated rings. The van der Waals surface area contributed by atoms with Crippen LogP contribution in [0.3, 0.4) is 0 Å². The Morgan fingerprint density at radius 1 is 1.41 bits per heavy atom. The second kappa shape index (κ2) is 9.04. The van der Waals surface area contributed by atoms with Crippen LogP contribution in [0.25, 0.3) is 0 Å². The minimum atomic E-state index is -2.98. The van der Waals surface area contributed by atoms with E-state index in [4.69, 9.17) is 11.5 Å². The average Bonchev–Trinajstić information content (AvgIpc) is 3.12. The maximum atomic E-state index is 12.4. The van der Waals surface area contributed by atoms with Gasteiger partial charge in [0, 0.05) is 24.3 Å². The van der Waals surface area contributed by atoms with Crippen molar-refractivity contribution in [3.8, 4) is 5.88 Å². The summed E-state index contributed by atoms with van der Waals surface area (Å²) in [7, 11) is 0. The molecular formula is C18H21F2N7O2. The Balaban J connectivity index is 2.12. The van der Waals surface area contributed by atoms with E-state index in [0.29, 0.717) is 22.7 Å². The number of rotatable bonds is 8. The number of nitrogens with one attached hydrogen (secondary N) is 1. The number of alkyl halides is 2. The number of nitrogens with two attached hydrogens (primary N) is 2. The molecule has 1 aliphatic rings. The Hall–Kier alpha value is -3.63. The van der Waals surface area contributed by atoms with Gasteiger partial charge in [0.25, 0.3) is 0 Å². The molecule has 0 unspecified atom stereocenters. The molecular weight excluding hydrogens is 384 g/mol. The molecule has 2 rings (SSSR count). The Morgan fingerprint density at radius 2 is 2.14 bits per heavy atom. The zero-order valence-corrected chi connectivity index (χ0v) is 15.9. The zero-order valence-electron chi connectivity index (χ0n) is 15.9. The van der Waals surface area contributed by atoms with Crippen molar-refractivity contribution in [2.45, 2.75) is 32.4 Å². The van der Waals surface area contributed by atoms with Crippen molar-refractivity contribution in [3.63, 3.8) is 0 Å². The number of allylic oxidation sites excluding steroid dienone is 1. The van der Waals surface area contributed by atoms with Gasteiger partial charge in [-0.05, 0) is 26.0 Å². The standard InChI is InChI=1S/C18H21F2N7O2/c1-4-11(12-8-10(9-23-12)15(21)28)26-27-17(22)25-18(2,3)13-6-5-7-14(24-13)29-16(19)20/h4-7,9,16H,1,8H2,2-3H3,(H2,21,28)(H3,22,25,27)/b26-11+. The van der Waals surface area contributed by atoms with Gasteiger partial charge in [-0.15, -0.1) is 0 Å². The van der Waals surface area contributed by atoms with Gasteiger partial charge in [0.15, 0.2) is 0 Å². The number of primary amides is 1. The van der Waals surface area contributed by atoms with E-state index >= 15 is 0 Å². The van der Waals surface area contributed by atoms with Crippen LogP contribution in [0.15, 0.2) is 57.7 Å². The predicted octanol–water partition coefficient (Wildman–Crippen LogP) is 1.58. The fourth-order valence-corrected chi connectivity index (χ4v) is 2.38. The highest BCUT2D eigenvalue weighted by Gasteiger charge is 2.23. The highest BCUT2D eigenvalue weighted by molar-refractivity contribution is 6.48. The lowest BCUT2D eigenvalue weighted by Crippen LogP contribution is -2.33. The number of hydrazone groups is 1. The van der Waals surface area contributed by atoms with Crippen LogP contribution >= 0.6 is 0 Å². The Kier molecular flexibility index (Phi) is 6.75. The molecule has 0 spiro atoms. The van der Waals surface area contributed by atoms with Crippen molar-refractivity contribution in [1.82, 2.24) is 10.4 Å². The van der Waals surface area contributed by atoms with Gasteiger partial charge in [0.1, 0.15) is 11.3 Å². The molecule has 0 radical (unpaired) electrons. The van der Waals surface area contributed by atoms with Crippen molar-refractivity contribution in [2.75, 3.05) is 0 Å². The lowest BCUT2D eigenvalue weighted by Gasteiger charge is -2.20. The van der Waals surface area contributed by atoms with Gasteiger partial charge in [-0.25, -0.2) is 15.4 Å². The van der Waals surface area contributed by atoms with Gasteiger partial charge >= 0.3 is 6.61 Å². The van der Waals surface area contributed by atoms with Crippen LogP contribution in [-0.4, -0.2) is 34.9 Å². The first-order valence-electron chi connectivity index (χ1n) is 8.42. The molecule has 1 amide bonds.